The molecule has 0 unspecified atom stereocenters. The Morgan fingerprint density at radius 2 is 1.38 bits per heavy atom. The molecule has 0 spiro atoms. The number of carbonyl (C=O) groups excluding carboxylic acids is 2. The fourth-order valence-corrected chi connectivity index (χ4v) is 1.48. The third kappa shape index (κ3) is 15.1. The minimum atomic E-state index is -5.39. The summed E-state index contributed by atoms with van der Waals surface area (Å²) >= 11 is 0. The predicted molar refractivity (Wildman–Crippen MR) is 79.0 cm³/mol. The van der Waals surface area contributed by atoms with Crippen molar-refractivity contribution in [1.29, 1.82) is 0 Å². The number of esters is 1. The van der Waals surface area contributed by atoms with Gasteiger partial charge in [0.15, 0.2) is 11.9 Å². The maximum atomic E-state index is 10.5. The molecule has 1 aliphatic rings. The van der Waals surface area contributed by atoms with Gasteiger partial charge >= 0.3 is 40.1 Å². The summed E-state index contributed by atoms with van der Waals surface area (Å²) in [6, 6.07) is 0. The van der Waals surface area contributed by atoms with Gasteiger partial charge in [-0.2, -0.15) is 7.82 Å². The Hall–Kier alpha value is -0.851. The van der Waals surface area contributed by atoms with Crippen molar-refractivity contribution >= 4 is 19.8 Å². The van der Waals surface area contributed by atoms with Crippen molar-refractivity contribution in [3.8, 4) is 0 Å². The van der Waals surface area contributed by atoms with Crippen molar-refractivity contribution in [2.75, 3.05) is 13.2 Å². The Labute approximate surface area is 200 Å². The molecule has 0 fully saturated rings. The van der Waals surface area contributed by atoms with Crippen molar-refractivity contribution in [3.05, 3.63) is 11.5 Å². The van der Waals surface area contributed by atoms with E-state index in [-0.39, 0.29) is 34.1 Å². The number of aliphatic hydroxyl groups excluding tert-OH is 9. The number of rotatable bonds is 7. The van der Waals surface area contributed by atoms with Crippen LogP contribution in [0.25, 0.3) is 0 Å². The summed E-state index contributed by atoms with van der Waals surface area (Å²) in [6.45, 7) is -1.53. The van der Waals surface area contributed by atoms with Crippen molar-refractivity contribution in [2.45, 2.75) is 36.6 Å². The van der Waals surface area contributed by atoms with Crippen LogP contribution in [0.15, 0.2) is 11.5 Å². The number of hydrogen-bond donors (Lipinski definition) is 9. The number of cyclic esters (lactones) is 1. The van der Waals surface area contributed by atoms with Crippen LogP contribution in [0.3, 0.4) is 0 Å². The second-order valence-corrected chi connectivity index (χ2v) is 6.15. The molecule has 1 rings (SSSR count). The fourth-order valence-electron chi connectivity index (χ4n) is 1.48. The topological polar surface area (TPSA) is 335 Å². The van der Waals surface area contributed by atoms with Gasteiger partial charge in [-0.15, -0.1) is 0 Å². The van der Waals surface area contributed by atoms with Crippen LogP contribution in [0.4, 0.5) is 0 Å². The van der Waals surface area contributed by atoms with Crippen LogP contribution < -0.4 is 19.8 Å². The van der Waals surface area contributed by atoms with E-state index >= 15 is 0 Å². The Bertz CT molecular complexity index is 631. The standard InChI is InChI=1S/C6H12O7.C6H8O6.2Fe.H3O4P/c7-1-2(8)3(9)4(10)5(11)6(12)13;7-1-2(8)5-3(9)4(10)6(11)12-5;;;1-5(2,3)4/h2-5,7-11H,1H2,(H,12,13);2,5,7-10H,1H2;;;(H3,1,2,3,4)/q;;2*+2;/p-4/t2-,3-,4+,5-;2-,5+;;;/m10.../s1. The number of carbonyl (C=O) groups is 2. The Balaban J connectivity index is -0.000000193. The van der Waals surface area contributed by atoms with E-state index in [0.717, 1.165) is 0 Å². The second kappa shape index (κ2) is 17.6. The van der Waals surface area contributed by atoms with E-state index in [1.165, 1.54) is 0 Å². The molecule has 32 heavy (non-hydrogen) atoms. The summed E-state index contributed by atoms with van der Waals surface area (Å²) < 4.78 is 12.9. The van der Waals surface area contributed by atoms with E-state index in [2.05, 4.69) is 4.74 Å². The molecule has 0 saturated heterocycles. The van der Waals surface area contributed by atoms with Crippen LogP contribution in [0, 0.1) is 0 Å². The summed E-state index contributed by atoms with van der Waals surface area (Å²) in [5, 5.41) is 88.5. The first-order valence-electron chi connectivity index (χ1n) is 7.38. The normalized spacial score (nSPS) is 19.8. The number of hydrogen-bond acceptors (Lipinski definition) is 17. The number of aliphatic carboxylic acids is 1. The molecule has 0 aromatic heterocycles. The van der Waals surface area contributed by atoms with Gasteiger partial charge < -0.3 is 79.8 Å². The Morgan fingerprint density at radius 1 is 0.969 bits per heavy atom. The van der Waals surface area contributed by atoms with Crippen LogP contribution in [0.5, 0.6) is 0 Å². The minimum absolute atomic E-state index is 0. The van der Waals surface area contributed by atoms with E-state index in [4.69, 9.17) is 65.2 Å². The fraction of sp³-hybridized carbons (Fsp3) is 0.667. The molecule has 9 N–H and O–H groups in total. The van der Waals surface area contributed by atoms with E-state index in [1.807, 2.05) is 0 Å². The third-order valence-electron chi connectivity index (χ3n) is 2.97. The van der Waals surface area contributed by atoms with Gasteiger partial charge in [-0.25, -0.2) is 4.79 Å². The van der Waals surface area contributed by atoms with Crippen LogP contribution in [0.2, 0.25) is 0 Å². The molecule has 20 heteroatoms. The first-order valence-corrected chi connectivity index (χ1v) is 8.84. The SMILES string of the molecule is O=C([O-])[C@H](O)[C@@H](O)[C@H](O)[C@H](O)CO.O=C1O[C@H]([C@@H](O)CO)C(O)=C1O.O=P([O-])([O-])[O-].[Fe+2].[Fe+2]. The molecule has 0 aromatic rings. The zero-order valence-corrected chi connectivity index (χ0v) is 18.4. The molecule has 0 amide bonds. The van der Waals surface area contributed by atoms with Gasteiger partial charge in [0.2, 0.25) is 5.76 Å². The molecule has 1 aliphatic heterocycles. The average Bonchev–Trinajstić information content (AvgIpc) is 2.91. The molecule has 0 bridgehead atoms. The second-order valence-electron chi connectivity index (χ2n) is 5.25. The summed E-state index contributed by atoms with van der Waals surface area (Å²) in [5.41, 5.74) is 0. The van der Waals surface area contributed by atoms with Gasteiger partial charge in [-0.05, 0) is 0 Å². The largest absolute Gasteiger partial charge is 2.00 e. The Kier molecular flexibility index (Phi) is 21.1. The maximum absolute atomic E-state index is 10.5. The number of carboxylic acid groups (broad SMARTS) is 1. The molecule has 17 nitrogen and oxygen atoms in total. The molecule has 0 aliphatic carbocycles. The molecular weight excluding hydrogens is 559 g/mol. The smallest absolute Gasteiger partial charge is 0.822 e. The summed E-state index contributed by atoms with van der Waals surface area (Å²) in [6.07, 6.45) is -10.9. The van der Waals surface area contributed by atoms with Gasteiger partial charge in [0.1, 0.15) is 30.5 Å². The monoisotopic (exact) mass is 578 g/mol. The van der Waals surface area contributed by atoms with E-state index in [1.54, 1.807) is 0 Å². The number of ether oxygens (including phenoxy) is 1. The van der Waals surface area contributed by atoms with Gasteiger partial charge in [0.05, 0.1) is 19.2 Å². The molecule has 0 saturated carbocycles. The minimum Gasteiger partial charge on any atom is -0.822 e. The van der Waals surface area contributed by atoms with Crippen LogP contribution in [-0.4, -0.2) is 108 Å². The Morgan fingerprint density at radius 3 is 1.62 bits per heavy atom. The van der Waals surface area contributed by atoms with Crippen LogP contribution >= 0.6 is 7.82 Å². The van der Waals surface area contributed by atoms with Crippen molar-refractivity contribution in [3.63, 3.8) is 0 Å². The zero-order valence-electron chi connectivity index (χ0n) is 15.3. The first kappa shape index (κ1) is 38.4. The number of aliphatic hydroxyl groups is 9. The summed E-state index contributed by atoms with van der Waals surface area (Å²) in [7, 11) is -5.39. The summed E-state index contributed by atoms with van der Waals surface area (Å²) in [5.74, 6) is -4.75. The average molecular weight is 578 g/mol. The van der Waals surface area contributed by atoms with E-state index < -0.39 is 81.1 Å². The van der Waals surface area contributed by atoms with Crippen LogP contribution in [-0.2, 0) is 53.0 Å². The quantitative estimate of drug-likeness (QED) is 0.0769. The number of phosphoric acid groups is 1. The van der Waals surface area contributed by atoms with Gasteiger partial charge in [0.25, 0.3) is 0 Å². The molecular formula is C12H19Fe2O17P. The molecule has 0 aromatic carbocycles. The zero-order chi connectivity index (χ0) is 24.4. The summed E-state index contributed by atoms with van der Waals surface area (Å²) in [4.78, 5) is 46.2. The van der Waals surface area contributed by atoms with Crippen molar-refractivity contribution in [2.24, 2.45) is 0 Å². The van der Waals surface area contributed by atoms with Gasteiger partial charge in [0, 0.05) is 0 Å². The predicted octanol–water partition coefficient (Wildman–Crippen LogP) is -9.06. The first-order chi connectivity index (χ1) is 13.5. The van der Waals surface area contributed by atoms with Crippen LogP contribution in [0.1, 0.15) is 0 Å². The van der Waals surface area contributed by atoms with E-state index in [0.29, 0.717) is 0 Å². The van der Waals surface area contributed by atoms with Crippen molar-refractivity contribution in [1.82, 2.24) is 0 Å². The molecule has 6 atom stereocenters. The molecule has 190 valence electrons. The molecule has 0 radical (unpaired) electrons. The third-order valence-corrected chi connectivity index (χ3v) is 2.97. The van der Waals surface area contributed by atoms with E-state index in [9.17, 15) is 14.7 Å². The molecule has 1 heterocycles. The van der Waals surface area contributed by atoms with Crippen molar-refractivity contribution < 1.29 is 119 Å². The maximum Gasteiger partial charge on any atom is 2.00 e. The number of carboxylic acids is 1. The van der Waals surface area contributed by atoms with Gasteiger partial charge in [-0.1, -0.05) is 0 Å². The van der Waals surface area contributed by atoms with Gasteiger partial charge in [-0.3, -0.25) is 0 Å².